The lowest BCUT2D eigenvalue weighted by Gasteiger charge is -2.23. The molecule has 208 valence electrons. The molecule has 0 saturated carbocycles. The second-order valence-corrected chi connectivity index (χ2v) is 11.0. The van der Waals surface area contributed by atoms with E-state index >= 15 is 0 Å². The zero-order valence-electron chi connectivity index (χ0n) is 23.6. The van der Waals surface area contributed by atoms with Gasteiger partial charge in [0.25, 0.3) is 0 Å². The summed E-state index contributed by atoms with van der Waals surface area (Å²) in [6.07, 6.45) is -0.526. The highest BCUT2D eigenvalue weighted by Crippen LogP contribution is 2.40. The molecule has 0 spiro atoms. The first-order valence-electron chi connectivity index (χ1n) is 14.7. The molecule has 1 N–H and O–H groups in total. The van der Waals surface area contributed by atoms with Gasteiger partial charge in [-0.1, -0.05) is 109 Å². The van der Waals surface area contributed by atoms with Crippen molar-refractivity contribution in [2.24, 2.45) is 9.98 Å². The van der Waals surface area contributed by atoms with E-state index < -0.39 is 6.17 Å². The largest absolute Gasteiger partial charge is 0.456 e. The molecule has 1 atom stereocenters. The van der Waals surface area contributed by atoms with Crippen molar-refractivity contribution in [3.05, 3.63) is 156 Å². The third kappa shape index (κ3) is 3.94. The highest BCUT2D eigenvalue weighted by Gasteiger charge is 2.26. The summed E-state index contributed by atoms with van der Waals surface area (Å²) in [5, 5.41) is 7.75. The number of para-hydroxylation sites is 2. The summed E-state index contributed by atoms with van der Waals surface area (Å²) in [7, 11) is 0. The molecule has 0 saturated heterocycles. The molecule has 1 aliphatic rings. The number of hydrogen-bond acceptors (Lipinski definition) is 5. The van der Waals surface area contributed by atoms with Gasteiger partial charge in [0, 0.05) is 38.2 Å². The van der Waals surface area contributed by atoms with Gasteiger partial charge >= 0.3 is 0 Å². The Labute approximate surface area is 252 Å². The number of furan rings is 2. The second kappa shape index (κ2) is 9.82. The van der Waals surface area contributed by atoms with Crippen LogP contribution in [0.1, 0.15) is 22.9 Å². The highest BCUT2D eigenvalue weighted by molar-refractivity contribution is 6.23. The number of aliphatic imine (C=N–C) groups is 2. The average molecular weight is 568 g/mol. The predicted molar refractivity (Wildman–Crippen MR) is 178 cm³/mol. The SMILES string of the molecule is c1ccc(C2=NC(c3cc(-c4ccccc4)cc4oc5ccccc5c34)N=C(c3cccc4oc5ccccc5c34)N2)cc1. The molecular formula is C39H25N3O2. The fourth-order valence-corrected chi connectivity index (χ4v) is 6.33. The van der Waals surface area contributed by atoms with Gasteiger partial charge in [-0.15, -0.1) is 0 Å². The van der Waals surface area contributed by atoms with Crippen molar-refractivity contribution in [2.45, 2.75) is 6.17 Å². The Kier molecular flexibility index (Phi) is 5.50. The minimum atomic E-state index is -0.526. The van der Waals surface area contributed by atoms with E-state index in [-0.39, 0.29) is 0 Å². The molecule has 5 nitrogen and oxygen atoms in total. The Morgan fingerprint density at radius 2 is 1.05 bits per heavy atom. The smallest absolute Gasteiger partial charge is 0.170 e. The quantitative estimate of drug-likeness (QED) is 0.230. The number of hydrogen-bond donors (Lipinski definition) is 1. The van der Waals surface area contributed by atoms with Crippen molar-refractivity contribution < 1.29 is 8.83 Å². The van der Waals surface area contributed by atoms with Crippen LogP contribution in [0.4, 0.5) is 0 Å². The fourth-order valence-electron chi connectivity index (χ4n) is 6.33. The Balaban J connectivity index is 1.33. The Hall–Kier alpha value is -5.94. The standard InChI is InChI=1S/C39H25N3O2/c1-3-12-24(13-4-1)26-22-30(36-28-17-8-10-20-32(28)44-34(36)23-26)39-41-37(25-14-5-2-6-15-25)40-38(42-39)29-18-11-21-33-35(29)27-16-7-9-19-31(27)43-33/h1-23,39H,(H,40,41,42). The molecule has 5 heteroatoms. The minimum Gasteiger partial charge on any atom is -0.456 e. The molecule has 0 fully saturated rings. The van der Waals surface area contributed by atoms with Gasteiger partial charge in [0.2, 0.25) is 0 Å². The lowest BCUT2D eigenvalue weighted by Crippen LogP contribution is -2.36. The average Bonchev–Trinajstić information content (AvgIpc) is 3.67. The van der Waals surface area contributed by atoms with Gasteiger partial charge in [-0.05, 0) is 41.5 Å². The molecule has 1 unspecified atom stereocenters. The molecule has 9 rings (SSSR count). The summed E-state index contributed by atoms with van der Waals surface area (Å²) in [5.41, 5.74) is 8.44. The van der Waals surface area contributed by atoms with Crippen molar-refractivity contribution >= 4 is 55.5 Å². The lowest BCUT2D eigenvalue weighted by atomic mass is 9.97. The molecule has 1 aliphatic heterocycles. The van der Waals surface area contributed by atoms with E-state index in [1.807, 2.05) is 72.8 Å². The third-order valence-electron chi connectivity index (χ3n) is 8.34. The Bertz CT molecular complexity index is 2420. The van der Waals surface area contributed by atoms with E-state index in [9.17, 15) is 0 Å². The topological polar surface area (TPSA) is 63.0 Å². The summed E-state index contributed by atoms with van der Waals surface area (Å²) in [6, 6.07) is 47.4. The van der Waals surface area contributed by atoms with Crippen molar-refractivity contribution in [3.63, 3.8) is 0 Å². The maximum Gasteiger partial charge on any atom is 0.170 e. The van der Waals surface area contributed by atoms with Crippen molar-refractivity contribution in [2.75, 3.05) is 0 Å². The van der Waals surface area contributed by atoms with Gasteiger partial charge in [-0.3, -0.25) is 0 Å². The van der Waals surface area contributed by atoms with Crippen LogP contribution in [0.15, 0.2) is 158 Å². The summed E-state index contributed by atoms with van der Waals surface area (Å²) < 4.78 is 12.7. The van der Waals surface area contributed by atoms with Crippen LogP contribution in [-0.4, -0.2) is 11.7 Å². The molecule has 44 heavy (non-hydrogen) atoms. The zero-order valence-corrected chi connectivity index (χ0v) is 23.6. The lowest BCUT2D eigenvalue weighted by molar-refractivity contribution is 0.668. The molecule has 3 heterocycles. The van der Waals surface area contributed by atoms with Crippen LogP contribution in [-0.2, 0) is 0 Å². The second-order valence-electron chi connectivity index (χ2n) is 11.0. The van der Waals surface area contributed by atoms with Crippen LogP contribution in [0.3, 0.4) is 0 Å². The monoisotopic (exact) mass is 567 g/mol. The molecule has 0 amide bonds. The first kappa shape index (κ1) is 24.6. The Morgan fingerprint density at radius 1 is 0.455 bits per heavy atom. The van der Waals surface area contributed by atoms with E-state index in [4.69, 9.17) is 18.8 Å². The fraction of sp³-hybridized carbons (Fsp3) is 0.0256. The molecule has 0 bridgehead atoms. The maximum atomic E-state index is 6.44. The molecule has 6 aromatic carbocycles. The zero-order chi connectivity index (χ0) is 29.0. The number of nitrogens with zero attached hydrogens (tertiary/aromatic N) is 2. The van der Waals surface area contributed by atoms with E-state index in [0.717, 1.165) is 83.4 Å². The molecule has 0 radical (unpaired) electrons. The number of amidine groups is 2. The van der Waals surface area contributed by atoms with Gasteiger partial charge < -0.3 is 14.2 Å². The number of rotatable bonds is 4. The molecule has 0 aliphatic carbocycles. The third-order valence-corrected chi connectivity index (χ3v) is 8.34. The van der Waals surface area contributed by atoms with Crippen LogP contribution in [0.25, 0.3) is 55.0 Å². The first-order chi connectivity index (χ1) is 21.8. The van der Waals surface area contributed by atoms with Gasteiger partial charge in [0.05, 0.1) is 0 Å². The van der Waals surface area contributed by atoms with Crippen LogP contribution in [0, 0.1) is 0 Å². The van der Waals surface area contributed by atoms with E-state index in [1.165, 1.54) is 0 Å². The summed E-state index contributed by atoms with van der Waals surface area (Å²) >= 11 is 0. The predicted octanol–water partition coefficient (Wildman–Crippen LogP) is 9.65. The van der Waals surface area contributed by atoms with Gasteiger partial charge in [0.15, 0.2) is 6.17 Å². The van der Waals surface area contributed by atoms with Gasteiger partial charge in [0.1, 0.15) is 34.0 Å². The minimum absolute atomic E-state index is 0.526. The van der Waals surface area contributed by atoms with E-state index in [2.05, 4.69) is 72.0 Å². The van der Waals surface area contributed by atoms with E-state index in [1.54, 1.807) is 0 Å². The molecular weight excluding hydrogens is 542 g/mol. The van der Waals surface area contributed by atoms with Crippen LogP contribution in [0.2, 0.25) is 0 Å². The summed E-state index contributed by atoms with van der Waals surface area (Å²) in [5.74, 6) is 1.50. The highest BCUT2D eigenvalue weighted by atomic mass is 16.3. The van der Waals surface area contributed by atoms with Gasteiger partial charge in [-0.25, -0.2) is 9.98 Å². The first-order valence-corrected chi connectivity index (χ1v) is 14.7. The van der Waals surface area contributed by atoms with Crippen LogP contribution in [0.5, 0.6) is 0 Å². The normalized spacial score (nSPS) is 15.0. The van der Waals surface area contributed by atoms with Crippen molar-refractivity contribution in [3.8, 4) is 11.1 Å². The Morgan fingerprint density at radius 3 is 1.80 bits per heavy atom. The summed E-state index contributed by atoms with van der Waals surface area (Å²) in [6.45, 7) is 0. The summed E-state index contributed by atoms with van der Waals surface area (Å²) in [4.78, 5) is 10.6. The van der Waals surface area contributed by atoms with Crippen molar-refractivity contribution in [1.82, 2.24) is 5.32 Å². The van der Waals surface area contributed by atoms with Gasteiger partial charge in [-0.2, -0.15) is 0 Å². The number of fused-ring (bicyclic) bond motifs is 6. The number of benzene rings is 6. The number of nitrogens with one attached hydrogen (secondary N) is 1. The maximum absolute atomic E-state index is 6.44. The van der Waals surface area contributed by atoms with Crippen LogP contribution < -0.4 is 5.32 Å². The molecule has 2 aromatic heterocycles. The molecule has 8 aromatic rings. The van der Waals surface area contributed by atoms with Crippen LogP contribution >= 0.6 is 0 Å². The van der Waals surface area contributed by atoms with E-state index in [0.29, 0.717) is 0 Å². The van der Waals surface area contributed by atoms with Crippen molar-refractivity contribution in [1.29, 1.82) is 0 Å².